The van der Waals surface area contributed by atoms with Crippen molar-refractivity contribution in [2.45, 2.75) is 0 Å². The highest BCUT2D eigenvalue weighted by Crippen LogP contribution is 2.23. The van der Waals surface area contributed by atoms with Gasteiger partial charge in [-0.05, 0) is 48.5 Å². The van der Waals surface area contributed by atoms with E-state index in [1.807, 2.05) is 0 Å². The topological polar surface area (TPSA) is 38.9 Å². The minimum atomic E-state index is -0.301. The molecular formula is C14H8ClFN2O. The highest BCUT2D eigenvalue weighted by atomic mass is 35.5. The lowest BCUT2D eigenvalue weighted by Crippen LogP contribution is -1.82. The van der Waals surface area contributed by atoms with Gasteiger partial charge >= 0.3 is 0 Å². The fraction of sp³-hybridized carbons (Fsp3) is 0. The van der Waals surface area contributed by atoms with Crippen molar-refractivity contribution >= 4 is 11.6 Å². The molecule has 2 aromatic carbocycles. The molecule has 19 heavy (non-hydrogen) atoms. The average Bonchev–Trinajstić information content (AvgIpc) is 2.90. The summed E-state index contributed by atoms with van der Waals surface area (Å²) in [6.07, 6.45) is 0. The summed E-state index contributed by atoms with van der Waals surface area (Å²) in [7, 11) is 0. The SMILES string of the molecule is Fc1ccc(-c2noc(-c3ccc(Cl)cc3)n2)cc1. The molecule has 0 bridgehead atoms. The van der Waals surface area contributed by atoms with Crippen LogP contribution in [0.1, 0.15) is 0 Å². The second-order valence-electron chi connectivity index (χ2n) is 3.94. The molecule has 0 aliphatic rings. The van der Waals surface area contributed by atoms with Crippen molar-refractivity contribution < 1.29 is 8.91 Å². The zero-order chi connectivity index (χ0) is 13.2. The Hall–Kier alpha value is -2.20. The molecule has 5 heteroatoms. The Labute approximate surface area is 113 Å². The van der Waals surface area contributed by atoms with Crippen molar-refractivity contribution in [3.63, 3.8) is 0 Å². The molecule has 0 N–H and O–H groups in total. The second kappa shape index (κ2) is 4.82. The van der Waals surface area contributed by atoms with Crippen LogP contribution in [0.2, 0.25) is 5.02 Å². The summed E-state index contributed by atoms with van der Waals surface area (Å²) in [5, 5.41) is 4.51. The maximum absolute atomic E-state index is 12.8. The molecular weight excluding hydrogens is 267 g/mol. The number of aromatic nitrogens is 2. The van der Waals surface area contributed by atoms with Crippen LogP contribution < -0.4 is 0 Å². The maximum atomic E-state index is 12.8. The number of benzene rings is 2. The molecule has 0 atom stereocenters. The molecule has 0 fully saturated rings. The van der Waals surface area contributed by atoms with Gasteiger partial charge < -0.3 is 4.52 Å². The van der Waals surface area contributed by atoms with E-state index in [1.54, 1.807) is 36.4 Å². The van der Waals surface area contributed by atoms with Gasteiger partial charge in [0.15, 0.2) is 0 Å². The summed E-state index contributed by atoms with van der Waals surface area (Å²) in [6.45, 7) is 0. The molecule has 1 aromatic heterocycles. The van der Waals surface area contributed by atoms with Gasteiger partial charge in [-0.3, -0.25) is 0 Å². The Bertz CT molecular complexity index is 632. The van der Waals surface area contributed by atoms with Gasteiger partial charge in [0.1, 0.15) is 5.82 Å². The summed E-state index contributed by atoms with van der Waals surface area (Å²) in [5.74, 6) is 0.520. The van der Waals surface area contributed by atoms with E-state index < -0.39 is 0 Å². The standard InChI is InChI=1S/C14H8ClFN2O/c15-11-5-1-10(2-6-11)14-17-13(18-19-14)9-3-7-12(16)8-4-9/h1-8H. The molecule has 3 rings (SSSR count). The lowest BCUT2D eigenvalue weighted by Gasteiger charge is -1.94. The highest BCUT2D eigenvalue weighted by molar-refractivity contribution is 6.30. The molecule has 0 aliphatic carbocycles. The zero-order valence-electron chi connectivity index (χ0n) is 9.68. The number of hydrogen-bond acceptors (Lipinski definition) is 3. The van der Waals surface area contributed by atoms with Gasteiger partial charge in [0, 0.05) is 16.1 Å². The monoisotopic (exact) mass is 274 g/mol. The van der Waals surface area contributed by atoms with E-state index in [4.69, 9.17) is 16.1 Å². The lowest BCUT2D eigenvalue weighted by molar-refractivity contribution is 0.432. The summed E-state index contributed by atoms with van der Waals surface area (Å²) in [6, 6.07) is 13.0. The van der Waals surface area contributed by atoms with Crippen molar-refractivity contribution in [3.8, 4) is 22.8 Å². The van der Waals surface area contributed by atoms with Crippen LogP contribution in [0.4, 0.5) is 4.39 Å². The predicted molar refractivity (Wildman–Crippen MR) is 70.1 cm³/mol. The molecule has 0 saturated heterocycles. The smallest absolute Gasteiger partial charge is 0.258 e. The first-order chi connectivity index (χ1) is 9.22. The highest BCUT2D eigenvalue weighted by Gasteiger charge is 2.10. The van der Waals surface area contributed by atoms with Crippen LogP contribution in [-0.4, -0.2) is 10.1 Å². The van der Waals surface area contributed by atoms with E-state index in [-0.39, 0.29) is 5.82 Å². The van der Waals surface area contributed by atoms with Crippen molar-refractivity contribution in [1.82, 2.24) is 10.1 Å². The van der Waals surface area contributed by atoms with Gasteiger partial charge in [-0.2, -0.15) is 4.98 Å². The predicted octanol–water partition coefficient (Wildman–Crippen LogP) is 4.20. The van der Waals surface area contributed by atoms with Crippen LogP contribution in [0.5, 0.6) is 0 Å². The molecule has 0 saturated carbocycles. The van der Waals surface area contributed by atoms with Crippen molar-refractivity contribution in [2.75, 3.05) is 0 Å². The number of nitrogens with zero attached hydrogens (tertiary/aromatic N) is 2. The number of halogens is 2. The fourth-order valence-corrected chi connectivity index (χ4v) is 1.78. The summed E-state index contributed by atoms with van der Waals surface area (Å²) in [5.41, 5.74) is 1.48. The quantitative estimate of drug-likeness (QED) is 0.703. The largest absolute Gasteiger partial charge is 0.334 e. The van der Waals surface area contributed by atoms with Gasteiger partial charge in [-0.15, -0.1) is 0 Å². The van der Waals surface area contributed by atoms with Crippen LogP contribution in [0.3, 0.4) is 0 Å². The Morgan fingerprint density at radius 2 is 1.53 bits per heavy atom. The maximum Gasteiger partial charge on any atom is 0.258 e. The van der Waals surface area contributed by atoms with Gasteiger partial charge in [0.05, 0.1) is 0 Å². The second-order valence-corrected chi connectivity index (χ2v) is 4.37. The minimum Gasteiger partial charge on any atom is -0.334 e. The molecule has 0 spiro atoms. The third-order valence-corrected chi connectivity index (χ3v) is 2.87. The summed E-state index contributed by atoms with van der Waals surface area (Å²) in [4.78, 5) is 4.27. The Balaban J connectivity index is 1.95. The molecule has 3 aromatic rings. The van der Waals surface area contributed by atoms with E-state index in [1.165, 1.54) is 12.1 Å². The van der Waals surface area contributed by atoms with Crippen molar-refractivity contribution in [2.24, 2.45) is 0 Å². The summed E-state index contributed by atoms with van der Waals surface area (Å²) < 4.78 is 18.0. The van der Waals surface area contributed by atoms with Crippen molar-refractivity contribution in [3.05, 3.63) is 59.4 Å². The van der Waals surface area contributed by atoms with Crippen LogP contribution in [0.15, 0.2) is 53.1 Å². The number of rotatable bonds is 2. The first-order valence-corrected chi connectivity index (χ1v) is 5.96. The Kier molecular flexibility index (Phi) is 3.01. The zero-order valence-corrected chi connectivity index (χ0v) is 10.4. The molecule has 3 nitrogen and oxygen atoms in total. The van der Waals surface area contributed by atoms with Crippen LogP contribution in [-0.2, 0) is 0 Å². The van der Waals surface area contributed by atoms with Gasteiger partial charge in [-0.25, -0.2) is 4.39 Å². The first-order valence-electron chi connectivity index (χ1n) is 5.58. The molecule has 94 valence electrons. The van der Waals surface area contributed by atoms with Crippen LogP contribution >= 0.6 is 11.6 Å². The molecule has 0 radical (unpaired) electrons. The molecule has 0 unspecified atom stereocenters. The first kappa shape index (κ1) is 11.9. The van der Waals surface area contributed by atoms with Crippen molar-refractivity contribution in [1.29, 1.82) is 0 Å². The van der Waals surface area contributed by atoms with E-state index in [2.05, 4.69) is 10.1 Å². The Morgan fingerprint density at radius 3 is 2.21 bits per heavy atom. The third kappa shape index (κ3) is 2.48. The van der Waals surface area contributed by atoms with E-state index in [0.717, 1.165) is 5.56 Å². The number of hydrogen-bond donors (Lipinski definition) is 0. The normalized spacial score (nSPS) is 10.6. The van der Waals surface area contributed by atoms with Crippen LogP contribution in [0.25, 0.3) is 22.8 Å². The van der Waals surface area contributed by atoms with Gasteiger partial charge in [-0.1, -0.05) is 16.8 Å². The molecule has 1 heterocycles. The molecule has 0 amide bonds. The van der Waals surface area contributed by atoms with Gasteiger partial charge in [0.25, 0.3) is 5.89 Å². The molecule has 0 aliphatic heterocycles. The lowest BCUT2D eigenvalue weighted by atomic mass is 10.2. The van der Waals surface area contributed by atoms with E-state index in [0.29, 0.717) is 22.3 Å². The van der Waals surface area contributed by atoms with E-state index in [9.17, 15) is 4.39 Å². The fourth-order valence-electron chi connectivity index (χ4n) is 1.65. The van der Waals surface area contributed by atoms with E-state index >= 15 is 0 Å². The van der Waals surface area contributed by atoms with Crippen LogP contribution in [0, 0.1) is 5.82 Å². The summed E-state index contributed by atoms with van der Waals surface area (Å²) >= 11 is 5.81. The average molecular weight is 275 g/mol. The minimum absolute atomic E-state index is 0.301. The third-order valence-electron chi connectivity index (χ3n) is 2.62. The Morgan fingerprint density at radius 1 is 0.895 bits per heavy atom. The van der Waals surface area contributed by atoms with Gasteiger partial charge in [0.2, 0.25) is 5.82 Å².